The van der Waals surface area contributed by atoms with Crippen LogP contribution in [0.25, 0.3) is 11.1 Å². The van der Waals surface area contributed by atoms with Crippen molar-refractivity contribution in [1.29, 1.82) is 0 Å². The highest BCUT2D eigenvalue weighted by Gasteiger charge is 2.14. The van der Waals surface area contributed by atoms with Gasteiger partial charge >= 0.3 is 5.97 Å². The number of rotatable bonds is 3. The molecule has 2 rings (SSSR count). The number of nitrogens with zero attached hydrogens (tertiary/aromatic N) is 2. The molecule has 0 unspecified atom stereocenters. The molecule has 0 aliphatic heterocycles. The maximum Gasteiger partial charge on any atom is 0.335 e. The van der Waals surface area contributed by atoms with E-state index in [0.29, 0.717) is 10.6 Å². The lowest BCUT2D eigenvalue weighted by atomic mass is 10.0. The summed E-state index contributed by atoms with van der Waals surface area (Å²) in [7, 11) is 0. The van der Waals surface area contributed by atoms with Crippen molar-refractivity contribution >= 4 is 17.6 Å². The molecule has 1 N–H and O–H groups in total. The Bertz CT molecular complexity index is 632. The number of carboxylic acids is 1. The van der Waals surface area contributed by atoms with E-state index < -0.39 is 5.97 Å². The molecule has 1 aromatic heterocycles. The monoisotopic (exact) mass is 278 g/mol. The van der Waals surface area contributed by atoms with Gasteiger partial charge in [-0.2, -0.15) is 5.10 Å². The Balaban J connectivity index is 2.57. The highest BCUT2D eigenvalue weighted by Crippen LogP contribution is 2.31. The molecule has 0 atom stereocenters. The number of aryl methyl sites for hydroxylation is 1. The van der Waals surface area contributed by atoms with Crippen molar-refractivity contribution < 1.29 is 9.90 Å². The summed E-state index contributed by atoms with van der Waals surface area (Å²) in [5.41, 5.74) is 2.61. The normalized spacial score (nSPS) is 11.0. The number of halogens is 1. The number of benzene rings is 1. The molecule has 4 nitrogen and oxygen atoms in total. The zero-order valence-electron chi connectivity index (χ0n) is 11.0. The van der Waals surface area contributed by atoms with Gasteiger partial charge in [0.05, 0.1) is 11.3 Å². The van der Waals surface area contributed by atoms with Gasteiger partial charge in [0.25, 0.3) is 0 Å². The summed E-state index contributed by atoms with van der Waals surface area (Å²) < 4.78 is 1.84. The molecule has 0 amide bonds. The lowest BCUT2D eigenvalue weighted by molar-refractivity contribution is 0.0697. The van der Waals surface area contributed by atoms with Crippen LogP contribution in [0, 0.1) is 6.92 Å². The molecular weight excluding hydrogens is 264 g/mol. The average molecular weight is 279 g/mol. The van der Waals surface area contributed by atoms with Crippen LogP contribution in [-0.2, 0) is 0 Å². The molecule has 0 spiro atoms. The summed E-state index contributed by atoms with van der Waals surface area (Å²) in [6.07, 6.45) is 1.90. The van der Waals surface area contributed by atoms with E-state index in [1.165, 1.54) is 6.07 Å². The topological polar surface area (TPSA) is 55.1 Å². The van der Waals surface area contributed by atoms with Crippen molar-refractivity contribution in [3.8, 4) is 11.1 Å². The Hall–Kier alpha value is -1.81. The molecule has 0 saturated heterocycles. The van der Waals surface area contributed by atoms with Crippen LogP contribution in [0.5, 0.6) is 0 Å². The summed E-state index contributed by atoms with van der Waals surface area (Å²) in [5, 5.41) is 14.0. The van der Waals surface area contributed by atoms with Crippen LogP contribution >= 0.6 is 11.6 Å². The SMILES string of the molecule is Cc1nn(C(C)C)cc1-c1cc(C(=O)O)ccc1Cl. The molecule has 0 fully saturated rings. The molecule has 1 heterocycles. The van der Waals surface area contributed by atoms with E-state index in [4.69, 9.17) is 16.7 Å². The van der Waals surface area contributed by atoms with Crippen LogP contribution in [0.3, 0.4) is 0 Å². The lowest BCUT2D eigenvalue weighted by Crippen LogP contribution is -2.00. The van der Waals surface area contributed by atoms with Gasteiger partial charge in [0.2, 0.25) is 0 Å². The zero-order chi connectivity index (χ0) is 14.2. The second-order valence-electron chi connectivity index (χ2n) is 4.70. The van der Waals surface area contributed by atoms with Gasteiger partial charge in [0.15, 0.2) is 0 Å². The van der Waals surface area contributed by atoms with Crippen molar-refractivity contribution in [3.63, 3.8) is 0 Å². The number of carbonyl (C=O) groups is 1. The largest absolute Gasteiger partial charge is 0.478 e. The molecule has 0 bridgehead atoms. The smallest absolute Gasteiger partial charge is 0.335 e. The van der Waals surface area contributed by atoms with Gasteiger partial charge in [-0.1, -0.05) is 11.6 Å². The minimum Gasteiger partial charge on any atom is -0.478 e. The van der Waals surface area contributed by atoms with E-state index >= 15 is 0 Å². The van der Waals surface area contributed by atoms with E-state index in [9.17, 15) is 4.79 Å². The average Bonchev–Trinajstić information content (AvgIpc) is 2.72. The number of hydrogen-bond acceptors (Lipinski definition) is 2. The molecule has 1 aromatic carbocycles. The highest BCUT2D eigenvalue weighted by molar-refractivity contribution is 6.33. The first-order valence-electron chi connectivity index (χ1n) is 5.99. The molecule has 5 heteroatoms. The second kappa shape index (κ2) is 5.05. The second-order valence-corrected chi connectivity index (χ2v) is 5.11. The van der Waals surface area contributed by atoms with Gasteiger partial charge in [-0.3, -0.25) is 4.68 Å². The third kappa shape index (κ3) is 2.63. The molecule has 19 heavy (non-hydrogen) atoms. The quantitative estimate of drug-likeness (QED) is 0.929. The summed E-state index contributed by atoms with van der Waals surface area (Å²) in [4.78, 5) is 11.0. The standard InChI is InChI=1S/C14H15ClN2O2/c1-8(2)17-7-12(9(3)16-17)11-6-10(14(18)19)4-5-13(11)15/h4-8H,1-3H3,(H,18,19). The summed E-state index contributed by atoms with van der Waals surface area (Å²) >= 11 is 6.17. The lowest BCUT2D eigenvalue weighted by Gasteiger charge is -2.05. The Morgan fingerprint density at radius 1 is 1.37 bits per heavy atom. The van der Waals surface area contributed by atoms with E-state index in [-0.39, 0.29) is 11.6 Å². The molecular formula is C14H15ClN2O2. The minimum absolute atomic E-state index is 0.219. The van der Waals surface area contributed by atoms with Gasteiger partial charge in [0, 0.05) is 28.4 Å². The van der Waals surface area contributed by atoms with E-state index in [1.807, 2.05) is 31.6 Å². The predicted molar refractivity (Wildman–Crippen MR) is 74.8 cm³/mol. The summed E-state index contributed by atoms with van der Waals surface area (Å²) in [6.45, 7) is 5.95. The van der Waals surface area contributed by atoms with Crippen LogP contribution in [0.15, 0.2) is 24.4 Å². The zero-order valence-corrected chi connectivity index (χ0v) is 11.8. The summed E-state index contributed by atoms with van der Waals surface area (Å²) in [5.74, 6) is -0.966. The van der Waals surface area contributed by atoms with Crippen molar-refractivity contribution in [2.45, 2.75) is 26.8 Å². The highest BCUT2D eigenvalue weighted by atomic mass is 35.5. The Morgan fingerprint density at radius 3 is 2.58 bits per heavy atom. The van der Waals surface area contributed by atoms with Gasteiger partial charge in [-0.25, -0.2) is 4.79 Å². The first-order valence-corrected chi connectivity index (χ1v) is 6.37. The maximum absolute atomic E-state index is 11.0. The first-order chi connectivity index (χ1) is 8.90. The van der Waals surface area contributed by atoms with Crippen molar-refractivity contribution in [2.75, 3.05) is 0 Å². The van der Waals surface area contributed by atoms with Crippen LogP contribution in [0.1, 0.15) is 35.9 Å². The third-order valence-corrected chi connectivity index (χ3v) is 3.28. The van der Waals surface area contributed by atoms with Crippen LogP contribution in [0.4, 0.5) is 0 Å². The van der Waals surface area contributed by atoms with Gasteiger partial charge in [-0.05, 0) is 39.0 Å². The van der Waals surface area contributed by atoms with Gasteiger partial charge in [0.1, 0.15) is 0 Å². The Morgan fingerprint density at radius 2 is 2.05 bits per heavy atom. The van der Waals surface area contributed by atoms with Crippen molar-refractivity contribution in [1.82, 2.24) is 9.78 Å². The molecule has 0 aliphatic carbocycles. The van der Waals surface area contributed by atoms with E-state index in [0.717, 1.165) is 11.3 Å². The van der Waals surface area contributed by atoms with Crippen molar-refractivity contribution in [3.05, 3.63) is 40.7 Å². The predicted octanol–water partition coefficient (Wildman–Crippen LogP) is 3.79. The number of carboxylic acid groups (broad SMARTS) is 1. The molecule has 100 valence electrons. The van der Waals surface area contributed by atoms with E-state index in [1.54, 1.807) is 12.1 Å². The first kappa shape index (κ1) is 13.6. The fourth-order valence-corrected chi connectivity index (χ4v) is 2.09. The molecule has 0 aliphatic rings. The fourth-order valence-electron chi connectivity index (χ4n) is 1.88. The molecule has 2 aromatic rings. The number of hydrogen-bond donors (Lipinski definition) is 1. The Kier molecular flexibility index (Phi) is 3.62. The van der Waals surface area contributed by atoms with Crippen molar-refractivity contribution in [2.24, 2.45) is 0 Å². The third-order valence-electron chi connectivity index (χ3n) is 2.95. The van der Waals surface area contributed by atoms with Gasteiger partial charge in [-0.15, -0.1) is 0 Å². The van der Waals surface area contributed by atoms with Gasteiger partial charge < -0.3 is 5.11 Å². The fraction of sp³-hybridized carbons (Fsp3) is 0.286. The van der Waals surface area contributed by atoms with Crippen LogP contribution in [-0.4, -0.2) is 20.9 Å². The van der Waals surface area contributed by atoms with Crippen LogP contribution < -0.4 is 0 Å². The Labute approximate surface area is 116 Å². The number of aromatic nitrogens is 2. The minimum atomic E-state index is -0.966. The maximum atomic E-state index is 11.0. The summed E-state index contributed by atoms with van der Waals surface area (Å²) in [6, 6.07) is 4.93. The molecule has 0 radical (unpaired) electrons. The number of aromatic carboxylic acids is 1. The molecule has 0 saturated carbocycles. The van der Waals surface area contributed by atoms with E-state index in [2.05, 4.69) is 5.10 Å². The van der Waals surface area contributed by atoms with Crippen LogP contribution in [0.2, 0.25) is 5.02 Å².